The standard InChI is InChI=1S/C19H32N2/c1-3-13-20-19(18-12-8-7-11-17(18)2)16-21-14-9-5-4-6-10-15-21/h7-8,11-12,19-20H,3-6,9-10,13-16H2,1-2H3. The summed E-state index contributed by atoms with van der Waals surface area (Å²) in [4.78, 5) is 2.68. The van der Waals surface area contributed by atoms with Crippen molar-refractivity contribution < 1.29 is 0 Å². The molecule has 0 aromatic heterocycles. The smallest absolute Gasteiger partial charge is 0.0451 e. The molecule has 0 amide bonds. The van der Waals surface area contributed by atoms with Crippen molar-refractivity contribution in [2.24, 2.45) is 0 Å². The van der Waals surface area contributed by atoms with Crippen LogP contribution in [0.15, 0.2) is 24.3 Å². The molecule has 2 heteroatoms. The van der Waals surface area contributed by atoms with Gasteiger partial charge in [0.05, 0.1) is 0 Å². The Bertz CT molecular complexity index is 394. The van der Waals surface area contributed by atoms with E-state index >= 15 is 0 Å². The van der Waals surface area contributed by atoms with Crippen molar-refractivity contribution in [2.45, 2.75) is 58.4 Å². The molecule has 1 saturated heterocycles. The fourth-order valence-corrected chi connectivity index (χ4v) is 3.32. The van der Waals surface area contributed by atoms with E-state index in [1.807, 2.05) is 0 Å². The maximum Gasteiger partial charge on any atom is 0.0451 e. The van der Waals surface area contributed by atoms with E-state index in [0.29, 0.717) is 6.04 Å². The number of nitrogens with zero attached hydrogens (tertiary/aromatic N) is 1. The van der Waals surface area contributed by atoms with Crippen molar-refractivity contribution in [3.05, 3.63) is 35.4 Å². The molecule has 2 nitrogen and oxygen atoms in total. The Morgan fingerprint density at radius 1 is 1.05 bits per heavy atom. The second kappa shape index (κ2) is 9.22. The summed E-state index contributed by atoms with van der Waals surface area (Å²) in [6, 6.07) is 9.34. The van der Waals surface area contributed by atoms with Crippen LogP contribution in [0.5, 0.6) is 0 Å². The molecule has 1 fully saturated rings. The fourth-order valence-electron chi connectivity index (χ4n) is 3.32. The van der Waals surface area contributed by atoms with Gasteiger partial charge in [-0.15, -0.1) is 0 Å². The molecule has 1 unspecified atom stereocenters. The van der Waals surface area contributed by atoms with Crippen LogP contribution < -0.4 is 5.32 Å². The van der Waals surface area contributed by atoms with Gasteiger partial charge in [-0.05, 0) is 56.9 Å². The SMILES string of the molecule is CCCNC(CN1CCCCCCC1)c1ccccc1C. The lowest BCUT2D eigenvalue weighted by Gasteiger charge is -2.30. The lowest BCUT2D eigenvalue weighted by Crippen LogP contribution is -2.37. The number of aryl methyl sites for hydroxylation is 1. The monoisotopic (exact) mass is 288 g/mol. The first-order valence-electron chi connectivity index (χ1n) is 8.82. The minimum atomic E-state index is 0.477. The number of rotatable bonds is 6. The highest BCUT2D eigenvalue weighted by Gasteiger charge is 2.17. The van der Waals surface area contributed by atoms with Crippen LogP contribution in [0.3, 0.4) is 0 Å². The second-order valence-corrected chi connectivity index (χ2v) is 6.43. The first-order valence-corrected chi connectivity index (χ1v) is 8.82. The van der Waals surface area contributed by atoms with Crippen molar-refractivity contribution in [1.29, 1.82) is 0 Å². The third-order valence-corrected chi connectivity index (χ3v) is 4.59. The van der Waals surface area contributed by atoms with E-state index < -0.39 is 0 Å². The Morgan fingerprint density at radius 3 is 2.38 bits per heavy atom. The molecule has 1 aliphatic rings. The van der Waals surface area contributed by atoms with Gasteiger partial charge in [-0.1, -0.05) is 50.5 Å². The van der Waals surface area contributed by atoms with Crippen LogP contribution in [0.2, 0.25) is 0 Å². The Labute approximate surface area is 130 Å². The van der Waals surface area contributed by atoms with E-state index in [1.165, 1.54) is 62.7 Å². The molecule has 1 aliphatic heterocycles. The van der Waals surface area contributed by atoms with Crippen molar-refractivity contribution in [3.8, 4) is 0 Å². The van der Waals surface area contributed by atoms with E-state index in [9.17, 15) is 0 Å². The number of benzene rings is 1. The second-order valence-electron chi connectivity index (χ2n) is 6.43. The van der Waals surface area contributed by atoms with Crippen molar-refractivity contribution in [2.75, 3.05) is 26.2 Å². The van der Waals surface area contributed by atoms with Crippen molar-refractivity contribution >= 4 is 0 Å². The summed E-state index contributed by atoms with van der Waals surface area (Å²) in [6.07, 6.45) is 8.19. The van der Waals surface area contributed by atoms with Crippen molar-refractivity contribution in [1.82, 2.24) is 10.2 Å². The number of hydrogen-bond acceptors (Lipinski definition) is 2. The average molecular weight is 288 g/mol. The minimum absolute atomic E-state index is 0.477. The van der Waals surface area contributed by atoms with E-state index in [0.717, 1.165) is 13.1 Å². The summed E-state index contributed by atoms with van der Waals surface area (Å²) in [6.45, 7) is 9.30. The summed E-state index contributed by atoms with van der Waals surface area (Å²) in [5, 5.41) is 3.77. The minimum Gasteiger partial charge on any atom is -0.309 e. The van der Waals surface area contributed by atoms with Gasteiger partial charge in [0.2, 0.25) is 0 Å². The molecule has 1 aromatic carbocycles. The predicted octanol–water partition coefficient (Wildman–Crippen LogP) is 4.30. The molecular weight excluding hydrogens is 256 g/mol. The highest BCUT2D eigenvalue weighted by molar-refractivity contribution is 5.29. The highest BCUT2D eigenvalue weighted by Crippen LogP contribution is 2.20. The van der Waals surface area contributed by atoms with Crippen molar-refractivity contribution in [3.63, 3.8) is 0 Å². The van der Waals surface area contributed by atoms with Gasteiger partial charge in [-0.2, -0.15) is 0 Å². The van der Waals surface area contributed by atoms with Crippen LogP contribution >= 0.6 is 0 Å². The van der Waals surface area contributed by atoms with Crippen LogP contribution in [0.25, 0.3) is 0 Å². The maximum atomic E-state index is 3.77. The molecule has 1 N–H and O–H groups in total. The molecule has 1 heterocycles. The Morgan fingerprint density at radius 2 is 1.71 bits per heavy atom. The maximum absolute atomic E-state index is 3.77. The molecule has 0 radical (unpaired) electrons. The van der Waals surface area contributed by atoms with Gasteiger partial charge >= 0.3 is 0 Å². The Kier molecular flexibility index (Phi) is 7.25. The van der Waals surface area contributed by atoms with Gasteiger partial charge < -0.3 is 10.2 Å². The van der Waals surface area contributed by atoms with Crippen LogP contribution in [-0.2, 0) is 0 Å². The van der Waals surface area contributed by atoms with Crippen LogP contribution in [0.4, 0.5) is 0 Å². The van der Waals surface area contributed by atoms with Crippen LogP contribution in [-0.4, -0.2) is 31.1 Å². The van der Waals surface area contributed by atoms with Gasteiger partial charge in [-0.25, -0.2) is 0 Å². The fraction of sp³-hybridized carbons (Fsp3) is 0.684. The topological polar surface area (TPSA) is 15.3 Å². The number of likely N-dealkylation sites (tertiary alicyclic amines) is 1. The van der Waals surface area contributed by atoms with E-state index in [1.54, 1.807) is 0 Å². The zero-order valence-electron chi connectivity index (χ0n) is 13.9. The van der Waals surface area contributed by atoms with Crippen LogP contribution in [0.1, 0.15) is 62.6 Å². The summed E-state index contributed by atoms with van der Waals surface area (Å²) in [5.74, 6) is 0. The molecule has 0 aliphatic carbocycles. The average Bonchev–Trinajstić information content (AvgIpc) is 2.46. The lowest BCUT2D eigenvalue weighted by molar-refractivity contribution is 0.221. The predicted molar refractivity (Wildman–Crippen MR) is 91.7 cm³/mol. The molecule has 0 saturated carbocycles. The molecule has 21 heavy (non-hydrogen) atoms. The largest absolute Gasteiger partial charge is 0.309 e. The summed E-state index contributed by atoms with van der Waals surface area (Å²) >= 11 is 0. The molecule has 1 aromatic rings. The zero-order valence-corrected chi connectivity index (χ0v) is 13.9. The number of hydrogen-bond donors (Lipinski definition) is 1. The van der Waals surface area contributed by atoms with E-state index in [2.05, 4.69) is 48.3 Å². The van der Waals surface area contributed by atoms with Gasteiger partial charge in [0, 0.05) is 12.6 Å². The Balaban J connectivity index is 2.02. The van der Waals surface area contributed by atoms with Gasteiger partial charge in [-0.3, -0.25) is 0 Å². The lowest BCUT2D eigenvalue weighted by atomic mass is 9.99. The summed E-state index contributed by atoms with van der Waals surface area (Å²) in [7, 11) is 0. The summed E-state index contributed by atoms with van der Waals surface area (Å²) < 4.78 is 0. The third kappa shape index (κ3) is 5.44. The molecular formula is C19H32N2. The summed E-state index contributed by atoms with van der Waals surface area (Å²) in [5.41, 5.74) is 2.89. The van der Waals surface area contributed by atoms with Crippen LogP contribution in [0, 0.1) is 6.92 Å². The number of nitrogens with one attached hydrogen (secondary N) is 1. The normalized spacial score (nSPS) is 19.0. The van der Waals surface area contributed by atoms with Gasteiger partial charge in [0.1, 0.15) is 0 Å². The zero-order chi connectivity index (χ0) is 14.9. The molecule has 118 valence electrons. The first kappa shape index (κ1) is 16.5. The Hall–Kier alpha value is -0.860. The molecule has 0 bridgehead atoms. The molecule has 0 spiro atoms. The van der Waals surface area contributed by atoms with Gasteiger partial charge in [0.15, 0.2) is 0 Å². The van der Waals surface area contributed by atoms with E-state index in [-0.39, 0.29) is 0 Å². The molecule has 2 rings (SSSR count). The quantitative estimate of drug-likeness (QED) is 0.839. The highest BCUT2D eigenvalue weighted by atomic mass is 15.1. The molecule has 1 atom stereocenters. The third-order valence-electron chi connectivity index (χ3n) is 4.59. The van der Waals surface area contributed by atoms with Gasteiger partial charge in [0.25, 0.3) is 0 Å². The van der Waals surface area contributed by atoms with E-state index in [4.69, 9.17) is 0 Å². The first-order chi connectivity index (χ1) is 10.3.